The first-order valence-electron chi connectivity index (χ1n) is 9.30. The van der Waals surface area contributed by atoms with Gasteiger partial charge in [0.1, 0.15) is 16.9 Å². The van der Waals surface area contributed by atoms with Crippen LogP contribution in [0, 0.1) is 0 Å². The van der Waals surface area contributed by atoms with Crippen LogP contribution in [0.5, 0.6) is 5.75 Å². The van der Waals surface area contributed by atoms with Crippen LogP contribution in [0.4, 0.5) is 0 Å². The quantitative estimate of drug-likeness (QED) is 0.298. The zero-order valence-electron chi connectivity index (χ0n) is 16.2. The molecule has 148 valence electrons. The van der Waals surface area contributed by atoms with Gasteiger partial charge in [0.25, 0.3) is 5.91 Å². The van der Waals surface area contributed by atoms with Crippen molar-refractivity contribution in [2.75, 3.05) is 0 Å². The van der Waals surface area contributed by atoms with E-state index in [0.29, 0.717) is 5.39 Å². The van der Waals surface area contributed by atoms with Crippen molar-refractivity contribution in [2.45, 2.75) is 26.3 Å². The molecule has 29 heavy (non-hydrogen) atoms. The third-order valence-electron chi connectivity index (χ3n) is 4.37. The van der Waals surface area contributed by atoms with Gasteiger partial charge in [-0.15, -0.1) is 0 Å². The summed E-state index contributed by atoms with van der Waals surface area (Å²) in [6, 6.07) is 15.4. The standard InChI is InChI=1S/C23H21NO5/c1-3-15(2)24-22(26)19-13-17-10-11-18(14-20(17)29-23(19)27)28-21(25)12-9-16-7-5-4-6-8-16/h4-15H,3H2,1-2H3,(H,24,26)/b12-9+. The van der Waals surface area contributed by atoms with E-state index in [0.717, 1.165) is 12.0 Å². The van der Waals surface area contributed by atoms with E-state index in [9.17, 15) is 14.4 Å². The van der Waals surface area contributed by atoms with Crippen LogP contribution in [0.2, 0.25) is 0 Å². The number of nitrogens with one attached hydrogen (secondary N) is 1. The SMILES string of the molecule is CCC(C)NC(=O)c1cc2ccc(OC(=O)/C=C/c3ccccc3)cc2oc1=O. The van der Waals surface area contributed by atoms with Crippen molar-refractivity contribution in [1.82, 2.24) is 5.32 Å². The second-order valence-electron chi connectivity index (χ2n) is 6.60. The van der Waals surface area contributed by atoms with E-state index in [-0.39, 0.29) is 22.9 Å². The lowest BCUT2D eigenvalue weighted by molar-refractivity contribution is -0.128. The van der Waals surface area contributed by atoms with Crippen molar-refractivity contribution in [2.24, 2.45) is 0 Å². The molecular weight excluding hydrogens is 370 g/mol. The fourth-order valence-corrected chi connectivity index (χ4v) is 2.60. The Hall–Kier alpha value is -3.67. The second kappa shape index (κ2) is 9.01. The van der Waals surface area contributed by atoms with Crippen LogP contribution in [-0.4, -0.2) is 17.9 Å². The van der Waals surface area contributed by atoms with Crippen LogP contribution in [0.15, 0.2) is 69.9 Å². The summed E-state index contributed by atoms with van der Waals surface area (Å²) >= 11 is 0. The van der Waals surface area contributed by atoms with Gasteiger partial charge in [-0.3, -0.25) is 4.79 Å². The van der Waals surface area contributed by atoms with E-state index in [1.165, 1.54) is 18.2 Å². The van der Waals surface area contributed by atoms with Gasteiger partial charge in [-0.2, -0.15) is 0 Å². The molecule has 1 aromatic heterocycles. The zero-order chi connectivity index (χ0) is 20.8. The molecule has 0 radical (unpaired) electrons. The molecule has 0 bridgehead atoms. The molecule has 0 aliphatic rings. The maximum atomic E-state index is 12.2. The summed E-state index contributed by atoms with van der Waals surface area (Å²) in [5.74, 6) is -0.795. The predicted molar refractivity (Wildman–Crippen MR) is 111 cm³/mol. The molecular formula is C23H21NO5. The molecule has 1 atom stereocenters. The van der Waals surface area contributed by atoms with E-state index in [4.69, 9.17) is 9.15 Å². The highest BCUT2D eigenvalue weighted by atomic mass is 16.5. The van der Waals surface area contributed by atoms with Crippen LogP contribution >= 0.6 is 0 Å². The fraction of sp³-hybridized carbons (Fsp3) is 0.174. The fourth-order valence-electron chi connectivity index (χ4n) is 2.60. The van der Waals surface area contributed by atoms with Gasteiger partial charge in [0.15, 0.2) is 0 Å². The number of hydrogen-bond acceptors (Lipinski definition) is 5. The Morgan fingerprint density at radius 1 is 1.14 bits per heavy atom. The van der Waals surface area contributed by atoms with Gasteiger partial charge in [-0.1, -0.05) is 37.3 Å². The van der Waals surface area contributed by atoms with Crippen molar-refractivity contribution in [3.8, 4) is 5.75 Å². The van der Waals surface area contributed by atoms with Gasteiger partial charge >= 0.3 is 11.6 Å². The first kappa shape index (κ1) is 20.1. The number of carbonyl (C=O) groups excluding carboxylic acids is 2. The van der Waals surface area contributed by atoms with Crippen molar-refractivity contribution >= 4 is 28.9 Å². The number of amides is 1. The van der Waals surface area contributed by atoms with Gasteiger partial charge in [0.05, 0.1) is 0 Å². The lowest BCUT2D eigenvalue weighted by Gasteiger charge is -2.11. The molecule has 0 spiro atoms. The van der Waals surface area contributed by atoms with E-state index < -0.39 is 17.5 Å². The molecule has 3 aromatic rings. The third kappa shape index (κ3) is 5.19. The summed E-state index contributed by atoms with van der Waals surface area (Å²) in [4.78, 5) is 36.4. The Labute approximate surface area is 167 Å². The maximum Gasteiger partial charge on any atom is 0.349 e. The first-order valence-corrected chi connectivity index (χ1v) is 9.30. The molecule has 0 aliphatic heterocycles. The highest BCUT2D eigenvalue weighted by molar-refractivity contribution is 5.97. The summed E-state index contributed by atoms with van der Waals surface area (Å²) in [7, 11) is 0. The Kier molecular flexibility index (Phi) is 6.24. The monoisotopic (exact) mass is 391 g/mol. The van der Waals surface area contributed by atoms with Crippen molar-refractivity contribution in [1.29, 1.82) is 0 Å². The van der Waals surface area contributed by atoms with Crippen molar-refractivity contribution in [3.05, 3.63) is 82.2 Å². The molecule has 0 saturated heterocycles. The van der Waals surface area contributed by atoms with E-state index in [1.807, 2.05) is 44.2 Å². The van der Waals surface area contributed by atoms with Crippen LogP contribution in [0.25, 0.3) is 17.0 Å². The largest absolute Gasteiger partial charge is 0.423 e. The number of rotatable bonds is 6. The second-order valence-corrected chi connectivity index (χ2v) is 6.60. The van der Waals surface area contributed by atoms with Gasteiger partial charge in [0.2, 0.25) is 0 Å². The smallest absolute Gasteiger partial charge is 0.349 e. The molecule has 1 unspecified atom stereocenters. The minimum absolute atomic E-state index is 0.0525. The molecule has 1 heterocycles. The number of esters is 1. The Bertz CT molecular complexity index is 1120. The average molecular weight is 391 g/mol. The number of ether oxygens (including phenoxy) is 1. The summed E-state index contributed by atoms with van der Waals surface area (Å²) in [6.07, 6.45) is 3.71. The minimum Gasteiger partial charge on any atom is -0.423 e. The first-order chi connectivity index (χ1) is 14.0. The maximum absolute atomic E-state index is 12.2. The molecule has 3 rings (SSSR count). The normalized spacial score (nSPS) is 12.1. The Balaban J connectivity index is 1.77. The molecule has 1 amide bonds. The number of carbonyl (C=O) groups is 2. The summed E-state index contributed by atoms with van der Waals surface area (Å²) in [5.41, 5.74) is 0.295. The molecule has 2 aromatic carbocycles. The topological polar surface area (TPSA) is 85.6 Å². The molecule has 0 saturated carbocycles. The van der Waals surface area contributed by atoms with Crippen molar-refractivity contribution < 1.29 is 18.7 Å². The van der Waals surface area contributed by atoms with E-state index >= 15 is 0 Å². The molecule has 6 heteroatoms. The number of fused-ring (bicyclic) bond motifs is 1. The summed E-state index contributed by atoms with van der Waals surface area (Å²) in [5, 5.41) is 3.29. The van der Waals surface area contributed by atoms with Crippen LogP contribution in [-0.2, 0) is 4.79 Å². The summed E-state index contributed by atoms with van der Waals surface area (Å²) in [6.45, 7) is 3.79. The molecule has 6 nitrogen and oxygen atoms in total. The van der Waals surface area contributed by atoms with E-state index in [1.54, 1.807) is 18.2 Å². The molecule has 0 fully saturated rings. The van der Waals surface area contributed by atoms with Crippen LogP contribution in [0.1, 0.15) is 36.2 Å². The zero-order valence-corrected chi connectivity index (χ0v) is 16.2. The van der Waals surface area contributed by atoms with Gasteiger partial charge < -0.3 is 14.5 Å². The van der Waals surface area contributed by atoms with Gasteiger partial charge in [-0.05, 0) is 43.2 Å². The minimum atomic E-state index is -0.745. The van der Waals surface area contributed by atoms with Gasteiger partial charge in [-0.25, -0.2) is 9.59 Å². The average Bonchev–Trinajstić information content (AvgIpc) is 2.72. The lowest BCUT2D eigenvalue weighted by atomic mass is 10.1. The lowest BCUT2D eigenvalue weighted by Crippen LogP contribution is -2.34. The van der Waals surface area contributed by atoms with Crippen LogP contribution < -0.4 is 15.7 Å². The number of benzene rings is 2. The molecule has 1 N–H and O–H groups in total. The van der Waals surface area contributed by atoms with Crippen molar-refractivity contribution in [3.63, 3.8) is 0 Å². The molecule has 0 aliphatic carbocycles. The Morgan fingerprint density at radius 3 is 2.62 bits per heavy atom. The van der Waals surface area contributed by atoms with Gasteiger partial charge in [0, 0.05) is 23.6 Å². The number of hydrogen-bond donors (Lipinski definition) is 1. The highest BCUT2D eigenvalue weighted by Gasteiger charge is 2.15. The highest BCUT2D eigenvalue weighted by Crippen LogP contribution is 2.21. The summed E-state index contributed by atoms with van der Waals surface area (Å²) < 4.78 is 10.5. The Morgan fingerprint density at radius 2 is 1.90 bits per heavy atom. The van der Waals surface area contributed by atoms with E-state index in [2.05, 4.69) is 5.32 Å². The van der Waals surface area contributed by atoms with Crippen LogP contribution in [0.3, 0.4) is 0 Å². The predicted octanol–water partition coefficient (Wildman–Crippen LogP) is 3.94. The third-order valence-corrected chi connectivity index (χ3v) is 4.37.